The Morgan fingerprint density at radius 1 is 0.682 bits per heavy atom. The molecule has 4 heteroatoms. The Labute approximate surface area is 136 Å². The molecule has 0 saturated heterocycles. The van der Waals surface area contributed by atoms with Gasteiger partial charge in [0.25, 0.3) is 0 Å². The Morgan fingerprint density at radius 3 is 1.41 bits per heavy atom. The molecule has 0 radical (unpaired) electrons. The zero-order valence-corrected chi connectivity index (χ0v) is 14.6. The molecule has 0 bridgehead atoms. The number of ether oxygens (including phenoxy) is 1. The molecule has 0 rings (SSSR count). The van der Waals surface area contributed by atoms with E-state index in [-0.39, 0.29) is 11.9 Å². The van der Waals surface area contributed by atoms with Gasteiger partial charge in [-0.15, -0.1) is 0 Å². The summed E-state index contributed by atoms with van der Waals surface area (Å²) < 4.78 is 4.62. The zero-order valence-electron chi connectivity index (χ0n) is 14.6. The van der Waals surface area contributed by atoms with Crippen molar-refractivity contribution in [3.63, 3.8) is 0 Å². The highest BCUT2D eigenvalue weighted by Crippen LogP contribution is 2.13. The van der Waals surface area contributed by atoms with Crippen molar-refractivity contribution in [3.8, 4) is 0 Å². The molecule has 0 aromatic heterocycles. The number of amides is 1. The Kier molecular flexibility index (Phi) is 15.5. The van der Waals surface area contributed by atoms with Gasteiger partial charge in [-0.3, -0.25) is 9.59 Å². The van der Waals surface area contributed by atoms with E-state index in [1.54, 1.807) is 7.05 Å². The molecule has 0 fully saturated rings. The molecule has 0 saturated carbocycles. The molecule has 4 nitrogen and oxygen atoms in total. The summed E-state index contributed by atoms with van der Waals surface area (Å²) in [4.78, 5) is 21.9. The molecule has 1 N–H and O–H groups in total. The van der Waals surface area contributed by atoms with E-state index in [4.69, 9.17) is 0 Å². The summed E-state index contributed by atoms with van der Waals surface area (Å²) >= 11 is 0. The maximum Gasteiger partial charge on any atom is 0.305 e. The second-order valence-electron chi connectivity index (χ2n) is 5.99. The first-order chi connectivity index (χ1) is 10.7. The van der Waals surface area contributed by atoms with Crippen LogP contribution in [0.25, 0.3) is 0 Å². The van der Waals surface area contributed by atoms with Crippen molar-refractivity contribution < 1.29 is 14.3 Å². The lowest BCUT2D eigenvalue weighted by atomic mass is 10.0. The molecule has 0 aromatic carbocycles. The highest BCUT2D eigenvalue weighted by Gasteiger charge is 1.99. The minimum Gasteiger partial charge on any atom is -0.469 e. The molecule has 0 unspecified atom stereocenters. The molecule has 0 spiro atoms. The van der Waals surface area contributed by atoms with Gasteiger partial charge in [0.2, 0.25) is 5.91 Å². The van der Waals surface area contributed by atoms with Gasteiger partial charge >= 0.3 is 5.97 Å². The van der Waals surface area contributed by atoms with Crippen LogP contribution >= 0.6 is 0 Å². The van der Waals surface area contributed by atoms with Gasteiger partial charge in [0, 0.05) is 19.9 Å². The van der Waals surface area contributed by atoms with Gasteiger partial charge in [0.05, 0.1) is 7.11 Å². The molecule has 0 aliphatic rings. The summed E-state index contributed by atoms with van der Waals surface area (Å²) in [7, 11) is 3.14. The first kappa shape index (κ1) is 20.9. The zero-order chi connectivity index (χ0) is 16.5. The Bertz CT molecular complexity index is 252. The van der Waals surface area contributed by atoms with E-state index in [9.17, 15) is 9.59 Å². The van der Waals surface area contributed by atoms with E-state index >= 15 is 0 Å². The first-order valence-electron chi connectivity index (χ1n) is 8.98. The normalized spacial score (nSPS) is 10.5. The average molecular weight is 313 g/mol. The van der Waals surface area contributed by atoms with Crippen LogP contribution in [0.3, 0.4) is 0 Å². The molecular formula is C18H35NO3. The van der Waals surface area contributed by atoms with Crippen molar-refractivity contribution in [1.82, 2.24) is 5.32 Å². The number of unbranched alkanes of at least 4 members (excludes halogenated alkanes) is 11. The second kappa shape index (κ2) is 16.3. The van der Waals surface area contributed by atoms with Crippen molar-refractivity contribution in [2.75, 3.05) is 14.2 Å². The van der Waals surface area contributed by atoms with Gasteiger partial charge < -0.3 is 10.1 Å². The molecule has 0 aliphatic carbocycles. The maximum atomic E-state index is 11.0. The average Bonchev–Trinajstić information content (AvgIpc) is 2.54. The SMILES string of the molecule is CNC(=O)CCCCCCCCCCCCCCC(=O)OC. The van der Waals surface area contributed by atoms with Gasteiger partial charge in [0.15, 0.2) is 0 Å². The van der Waals surface area contributed by atoms with Crippen LogP contribution < -0.4 is 5.32 Å². The number of rotatable bonds is 15. The van der Waals surface area contributed by atoms with Crippen LogP contribution in [-0.2, 0) is 14.3 Å². The van der Waals surface area contributed by atoms with E-state index in [0.29, 0.717) is 12.8 Å². The highest BCUT2D eigenvalue weighted by atomic mass is 16.5. The third-order valence-corrected chi connectivity index (χ3v) is 4.04. The van der Waals surface area contributed by atoms with E-state index in [0.717, 1.165) is 19.3 Å². The smallest absolute Gasteiger partial charge is 0.305 e. The molecular weight excluding hydrogens is 278 g/mol. The Morgan fingerprint density at radius 2 is 1.05 bits per heavy atom. The Balaban J connectivity index is 3.05. The molecule has 0 aliphatic heterocycles. The van der Waals surface area contributed by atoms with E-state index in [1.807, 2.05) is 0 Å². The predicted molar refractivity (Wildman–Crippen MR) is 90.7 cm³/mol. The standard InChI is InChI=1S/C18H35NO3/c1-19-17(20)15-13-11-9-7-5-3-4-6-8-10-12-14-16-18(21)22-2/h3-16H2,1-2H3,(H,19,20). The summed E-state index contributed by atoms with van der Waals surface area (Å²) in [5.41, 5.74) is 0. The van der Waals surface area contributed by atoms with Gasteiger partial charge in [-0.1, -0.05) is 64.2 Å². The van der Waals surface area contributed by atoms with Crippen molar-refractivity contribution in [2.45, 2.75) is 89.9 Å². The number of carbonyl (C=O) groups is 2. The summed E-state index contributed by atoms with van der Waals surface area (Å²) in [5.74, 6) is 0.0712. The summed E-state index contributed by atoms with van der Waals surface area (Å²) in [6.07, 6.45) is 15.9. The first-order valence-corrected chi connectivity index (χ1v) is 8.98. The number of hydrogen-bond donors (Lipinski definition) is 1. The van der Waals surface area contributed by atoms with Crippen LogP contribution in [0.15, 0.2) is 0 Å². The molecule has 0 heterocycles. The highest BCUT2D eigenvalue weighted by molar-refractivity contribution is 5.75. The summed E-state index contributed by atoms with van der Waals surface area (Å²) in [6, 6.07) is 0. The van der Waals surface area contributed by atoms with Gasteiger partial charge in [-0.2, -0.15) is 0 Å². The number of esters is 1. The minimum atomic E-state index is -0.0877. The number of methoxy groups -OCH3 is 1. The molecule has 22 heavy (non-hydrogen) atoms. The fraction of sp³-hybridized carbons (Fsp3) is 0.889. The number of carbonyl (C=O) groups excluding carboxylic acids is 2. The van der Waals surface area contributed by atoms with Crippen molar-refractivity contribution in [2.24, 2.45) is 0 Å². The lowest BCUT2D eigenvalue weighted by Gasteiger charge is -2.03. The fourth-order valence-electron chi connectivity index (χ4n) is 2.55. The number of hydrogen-bond acceptors (Lipinski definition) is 3. The monoisotopic (exact) mass is 313 g/mol. The summed E-state index contributed by atoms with van der Waals surface area (Å²) in [5, 5.41) is 2.65. The number of nitrogens with one attached hydrogen (secondary N) is 1. The second-order valence-corrected chi connectivity index (χ2v) is 5.99. The van der Waals surface area contributed by atoms with Gasteiger partial charge in [-0.05, 0) is 12.8 Å². The van der Waals surface area contributed by atoms with E-state index in [2.05, 4.69) is 10.1 Å². The Hall–Kier alpha value is -1.06. The van der Waals surface area contributed by atoms with Crippen LogP contribution in [0.2, 0.25) is 0 Å². The van der Waals surface area contributed by atoms with Crippen LogP contribution in [0.4, 0.5) is 0 Å². The minimum absolute atomic E-state index is 0.0877. The lowest BCUT2D eigenvalue weighted by molar-refractivity contribution is -0.140. The quantitative estimate of drug-likeness (QED) is 0.361. The van der Waals surface area contributed by atoms with Crippen molar-refractivity contribution in [3.05, 3.63) is 0 Å². The van der Waals surface area contributed by atoms with Crippen molar-refractivity contribution >= 4 is 11.9 Å². The van der Waals surface area contributed by atoms with Crippen LogP contribution in [0.1, 0.15) is 89.9 Å². The molecule has 1 amide bonds. The predicted octanol–water partition coefficient (Wildman–Crippen LogP) is 4.37. The van der Waals surface area contributed by atoms with Crippen LogP contribution in [-0.4, -0.2) is 26.0 Å². The van der Waals surface area contributed by atoms with Crippen molar-refractivity contribution in [1.29, 1.82) is 0 Å². The lowest BCUT2D eigenvalue weighted by Crippen LogP contribution is -2.16. The fourth-order valence-corrected chi connectivity index (χ4v) is 2.55. The molecule has 0 aromatic rings. The van der Waals surface area contributed by atoms with Crippen LogP contribution in [0, 0.1) is 0 Å². The largest absolute Gasteiger partial charge is 0.469 e. The molecule has 0 atom stereocenters. The third-order valence-electron chi connectivity index (χ3n) is 4.04. The summed E-state index contributed by atoms with van der Waals surface area (Å²) in [6.45, 7) is 0. The third kappa shape index (κ3) is 15.3. The van der Waals surface area contributed by atoms with Gasteiger partial charge in [-0.25, -0.2) is 0 Å². The van der Waals surface area contributed by atoms with E-state index in [1.165, 1.54) is 64.9 Å². The topological polar surface area (TPSA) is 55.4 Å². The van der Waals surface area contributed by atoms with Crippen LogP contribution in [0.5, 0.6) is 0 Å². The van der Waals surface area contributed by atoms with Gasteiger partial charge in [0.1, 0.15) is 0 Å². The molecule has 130 valence electrons. The maximum absolute atomic E-state index is 11.0. The van der Waals surface area contributed by atoms with E-state index < -0.39 is 0 Å².